The quantitative estimate of drug-likeness (QED) is 0.474. The fourth-order valence-corrected chi connectivity index (χ4v) is 2.50. The first kappa shape index (κ1) is 17.8. The molecule has 1 saturated heterocycles. The summed E-state index contributed by atoms with van der Waals surface area (Å²) in [5.41, 5.74) is 0. The molecule has 0 aromatic carbocycles. The van der Waals surface area contributed by atoms with E-state index < -0.39 is 0 Å². The van der Waals surface area contributed by atoms with Gasteiger partial charge in [-0.05, 0) is 32.2 Å². The predicted octanol–water partition coefficient (Wildman–Crippen LogP) is 0.552. The van der Waals surface area contributed by atoms with E-state index in [0.29, 0.717) is 6.04 Å². The van der Waals surface area contributed by atoms with Gasteiger partial charge < -0.3 is 20.9 Å². The highest BCUT2D eigenvalue weighted by Crippen LogP contribution is 2.10. The van der Waals surface area contributed by atoms with Crippen LogP contribution in [0.1, 0.15) is 39.5 Å². The van der Waals surface area contributed by atoms with Crippen LogP contribution in [0.5, 0.6) is 0 Å². The van der Waals surface area contributed by atoms with Crippen molar-refractivity contribution >= 4 is 11.9 Å². The van der Waals surface area contributed by atoms with Crippen molar-refractivity contribution in [3.8, 4) is 0 Å². The van der Waals surface area contributed by atoms with Crippen molar-refractivity contribution in [1.29, 1.82) is 0 Å². The molecule has 1 fully saturated rings. The van der Waals surface area contributed by atoms with Gasteiger partial charge in [0.05, 0.1) is 6.54 Å². The molecule has 0 atom stereocenters. The van der Waals surface area contributed by atoms with Crippen molar-refractivity contribution in [2.24, 2.45) is 4.99 Å². The van der Waals surface area contributed by atoms with Crippen molar-refractivity contribution < 1.29 is 4.79 Å². The number of nitrogens with one attached hydrogen (secondary N) is 3. The lowest BCUT2D eigenvalue weighted by molar-refractivity contribution is -0.120. The molecule has 0 saturated carbocycles. The smallest absolute Gasteiger partial charge is 0.239 e. The van der Waals surface area contributed by atoms with E-state index in [9.17, 15) is 4.79 Å². The molecule has 0 bridgehead atoms. The highest BCUT2D eigenvalue weighted by atomic mass is 16.1. The Kier molecular flexibility index (Phi) is 8.82. The van der Waals surface area contributed by atoms with Crippen LogP contribution in [0.2, 0.25) is 0 Å². The number of aliphatic imine (C=N–C) groups is 1. The van der Waals surface area contributed by atoms with Crippen LogP contribution in [0.15, 0.2) is 4.99 Å². The third kappa shape index (κ3) is 7.32. The van der Waals surface area contributed by atoms with Crippen LogP contribution >= 0.6 is 0 Å². The van der Waals surface area contributed by atoms with Gasteiger partial charge in [-0.1, -0.05) is 13.8 Å². The zero-order valence-corrected chi connectivity index (χ0v) is 13.7. The Morgan fingerprint density at radius 2 is 1.90 bits per heavy atom. The molecule has 0 aliphatic carbocycles. The Bertz CT molecular complexity index is 324. The number of hydrogen-bond acceptors (Lipinski definition) is 3. The summed E-state index contributed by atoms with van der Waals surface area (Å²) in [7, 11) is 1.74. The largest absolute Gasteiger partial charge is 0.355 e. The standard InChI is InChI=1S/C15H31N5O/c1-4-8-17-14(21)12-18-15(16-3)19-13-6-10-20(9-5-2)11-7-13/h13H,4-12H2,1-3H3,(H,17,21)(H2,16,18,19). The van der Waals surface area contributed by atoms with E-state index in [1.165, 1.54) is 13.0 Å². The number of piperidine rings is 1. The van der Waals surface area contributed by atoms with E-state index in [0.717, 1.165) is 44.9 Å². The molecule has 0 aromatic heterocycles. The van der Waals surface area contributed by atoms with Gasteiger partial charge in [-0.2, -0.15) is 0 Å². The molecule has 0 unspecified atom stereocenters. The molecule has 1 rings (SSSR count). The molecule has 6 heteroatoms. The topological polar surface area (TPSA) is 68.8 Å². The average molecular weight is 297 g/mol. The summed E-state index contributed by atoms with van der Waals surface area (Å²) in [5, 5.41) is 9.33. The number of amides is 1. The minimum atomic E-state index is 0.0116. The molecule has 122 valence electrons. The van der Waals surface area contributed by atoms with E-state index in [1.807, 2.05) is 6.92 Å². The molecule has 6 nitrogen and oxygen atoms in total. The molecular formula is C15H31N5O. The van der Waals surface area contributed by atoms with Crippen LogP contribution < -0.4 is 16.0 Å². The second kappa shape index (κ2) is 10.4. The first-order valence-electron chi connectivity index (χ1n) is 8.15. The van der Waals surface area contributed by atoms with Crippen LogP contribution in [0, 0.1) is 0 Å². The summed E-state index contributed by atoms with van der Waals surface area (Å²) in [6.45, 7) is 8.73. The third-order valence-electron chi connectivity index (χ3n) is 3.68. The first-order chi connectivity index (χ1) is 10.2. The van der Waals surface area contributed by atoms with E-state index in [1.54, 1.807) is 7.05 Å². The monoisotopic (exact) mass is 297 g/mol. The van der Waals surface area contributed by atoms with E-state index in [2.05, 4.69) is 32.8 Å². The third-order valence-corrected chi connectivity index (χ3v) is 3.68. The van der Waals surface area contributed by atoms with Gasteiger partial charge in [0.2, 0.25) is 5.91 Å². The molecule has 0 spiro atoms. The molecule has 1 amide bonds. The summed E-state index contributed by atoms with van der Waals surface area (Å²) in [6, 6.07) is 0.447. The van der Waals surface area contributed by atoms with Gasteiger partial charge in [-0.3, -0.25) is 9.79 Å². The van der Waals surface area contributed by atoms with Gasteiger partial charge >= 0.3 is 0 Å². The van der Waals surface area contributed by atoms with Crippen LogP contribution in [0.25, 0.3) is 0 Å². The zero-order chi connectivity index (χ0) is 15.5. The Morgan fingerprint density at radius 1 is 1.19 bits per heavy atom. The normalized spacial score (nSPS) is 17.6. The Hall–Kier alpha value is -1.30. The lowest BCUT2D eigenvalue weighted by Crippen LogP contribution is -2.50. The number of hydrogen-bond donors (Lipinski definition) is 3. The van der Waals surface area contributed by atoms with Crippen molar-refractivity contribution in [3.63, 3.8) is 0 Å². The summed E-state index contributed by atoms with van der Waals surface area (Å²) in [5.74, 6) is 0.730. The van der Waals surface area contributed by atoms with Gasteiger partial charge in [0.1, 0.15) is 0 Å². The lowest BCUT2D eigenvalue weighted by atomic mass is 10.1. The molecule has 1 aliphatic heterocycles. The van der Waals surface area contributed by atoms with Crippen molar-refractivity contribution in [1.82, 2.24) is 20.9 Å². The average Bonchev–Trinajstić information content (AvgIpc) is 2.51. The van der Waals surface area contributed by atoms with Gasteiger partial charge in [-0.15, -0.1) is 0 Å². The number of carbonyl (C=O) groups excluding carboxylic acids is 1. The molecule has 0 aromatic rings. The van der Waals surface area contributed by atoms with Crippen molar-refractivity contribution in [2.45, 2.75) is 45.6 Å². The fraction of sp³-hybridized carbons (Fsp3) is 0.867. The highest BCUT2D eigenvalue weighted by Gasteiger charge is 2.19. The number of likely N-dealkylation sites (tertiary alicyclic amines) is 1. The maximum absolute atomic E-state index is 11.6. The molecule has 3 N–H and O–H groups in total. The van der Waals surface area contributed by atoms with Gasteiger partial charge in [-0.25, -0.2) is 0 Å². The van der Waals surface area contributed by atoms with Crippen LogP contribution in [0.4, 0.5) is 0 Å². The molecule has 1 aliphatic rings. The first-order valence-corrected chi connectivity index (χ1v) is 8.15. The van der Waals surface area contributed by atoms with Crippen LogP contribution in [0.3, 0.4) is 0 Å². The summed E-state index contributed by atoms with van der Waals surface area (Å²) < 4.78 is 0. The number of carbonyl (C=O) groups is 1. The van der Waals surface area contributed by atoms with Crippen molar-refractivity contribution in [2.75, 3.05) is 39.8 Å². The minimum absolute atomic E-state index is 0.0116. The summed E-state index contributed by atoms with van der Waals surface area (Å²) in [6.07, 6.45) is 4.43. The number of guanidine groups is 1. The number of nitrogens with zero attached hydrogens (tertiary/aromatic N) is 2. The van der Waals surface area contributed by atoms with Gasteiger partial charge in [0.15, 0.2) is 5.96 Å². The fourth-order valence-electron chi connectivity index (χ4n) is 2.50. The molecule has 1 heterocycles. The molecule has 0 radical (unpaired) electrons. The van der Waals surface area contributed by atoms with Gasteiger partial charge in [0.25, 0.3) is 0 Å². The maximum Gasteiger partial charge on any atom is 0.239 e. The van der Waals surface area contributed by atoms with Crippen LogP contribution in [-0.4, -0.2) is 62.6 Å². The molecular weight excluding hydrogens is 266 g/mol. The SMILES string of the molecule is CCCNC(=O)CNC(=NC)NC1CCN(CCC)CC1. The minimum Gasteiger partial charge on any atom is -0.355 e. The van der Waals surface area contributed by atoms with Gasteiger partial charge in [0, 0.05) is 32.7 Å². The van der Waals surface area contributed by atoms with Crippen LogP contribution in [-0.2, 0) is 4.79 Å². The Morgan fingerprint density at radius 3 is 2.48 bits per heavy atom. The Labute approximate surface area is 128 Å². The predicted molar refractivity (Wildman–Crippen MR) is 87.6 cm³/mol. The highest BCUT2D eigenvalue weighted by molar-refractivity contribution is 5.86. The second-order valence-electron chi connectivity index (χ2n) is 5.54. The zero-order valence-electron chi connectivity index (χ0n) is 13.7. The summed E-state index contributed by atoms with van der Waals surface area (Å²) >= 11 is 0. The summed E-state index contributed by atoms with van der Waals surface area (Å²) in [4.78, 5) is 18.3. The number of rotatable bonds is 7. The van der Waals surface area contributed by atoms with Crippen molar-refractivity contribution in [3.05, 3.63) is 0 Å². The van der Waals surface area contributed by atoms with E-state index in [-0.39, 0.29) is 12.5 Å². The van der Waals surface area contributed by atoms with E-state index >= 15 is 0 Å². The maximum atomic E-state index is 11.6. The Balaban J connectivity index is 2.24. The van der Waals surface area contributed by atoms with E-state index in [4.69, 9.17) is 0 Å². The second-order valence-corrected chi connectivity index (χ2v) is 5.54. The molecule has 21 heavy (non-hydrogen) atoms. The lowest BCUT2D eigenvalue weighted by Gasteiger charge is -2.32.